The van der Waals surface area contributed by atoms with Gasteiger partial charge in [-0.2, -0.15) is 13.2 Å². The number of carbonyl (C=O) groups excluding carboxylic acids is 1. The van der Waals surface area contributed by atoms with Crippen LogP contribution in [0, 0.1) is 16.6 Å². The van der Waals surface area contributed by atoms with Crippen LogP contribution in [-0.4, -0.2) is 27.2 Å². The highest BCUT2D eigenvalue weighted by Gasteiger charge is 2.71. The largest absolute Gasteiger partial charge is 0.394 e. The molecule has 10 heteroatoms. The molecule has 2 bridgehead atoms. The van der Waals surface area contributed by atoms with E-state index in [-0.39, 0.29) is 19.3 Å². The average Bonchev–Trinajstić information content (AvgIpc) is 3.40. The van der Waals surface area contributed by atoms with Gasteiger partial charge in [0.1, 0.15) is 5.82 Å². The first-order chi connectivity index (χ1) is 17.7. The monoisotopic (exact) mass is 547 g/mol. The third-order valence-electron chi connectivity index (χ3n) is 8.65. The van der Waals surface area contributed by atoms with E-state index >= 15 is 0 Å². The number of hydrogen-bond acceptors (Lipinski definition) is 3. The number of aromatic amines is 1. The number of amides is 1. The zero-order valence-electron chi connectivity index (χ0n) is 20.8. The Morgan fingerprint density at radius 3 is 2.61 bits per heavy atom. The van der Waals surface area contributed by atoms with E-state index in [2.05, 4.69) is 15.3 Å². The zero-order chi connectivity index (χ0) is 27.3. The number of carbonyl (C=O) groups is 1. The first-order valence-corrected chi connectivity index (χ1v) is 12.9. The molecule has 1 heterocycles. The van der Waals surface area contributed by atoms with Crippen molar-refractivity contribution < 1.29 is 27.5 Å². The van der Waals surface area contributed by atoms with E-state index in [4.69, 9.17) is 11.6 Å². The highest BCUT2D eigenvalue weighted by molar-refractivity contribution is 6.31. The molecule has 4 aliphatic rings. The van der Waals surface area contributed by atoms with Gasteiger partial charge in [0.25, 0.3) is 0 Å². The van der Waals surface area contributed by atoms with Crippen molar-refractivity contribution in [3.05, 3.63) is 69.9 Å². The lowest BCUT2D eigenvalue weighted by molar-refractivity contribution is -0.293. The normalized spacial score (nSPS) is 25.9. The minimum atomic E-state index is -4.35. The fourth-order valence-corrected chi connectivity index (χ4v) is 7.01. The summed E-state index contributed by atoms with van der Waals surface area (Å²) in [6, 6.07) is 7.44. The Bertz CT molecular complexity index is 1470. The molecule has 0 aliphatic heterocycles. The highest BCUT2D eigenvalue weighted by Crippen LogP contribution is 2.69. The number of rotatable bonds is 4. The van der Waals surface area contributed by atoms with Crippen LogP contribution in [0.3, 0.4) is 0 Å². The van der Waals surface area contributed by atoms with Crippen molar-refractivity contribution in [2.24, 2.45) is 10.8 Å². The van der Waals surface area contributed by atoms with Gasteiger partial charge in [0.05, 0.1) is 40.1 Å². The predicted molar refractivity (Wildman–Crippen MR) is 134 cm³/mol. The summed E-state index contributed by atoms with van der Waals surface area (Å²) in [5.74, 6) is -1.58. The quantitative estimate of drug-likeness (QED) is 0.240. The number of benzene rings is 2. The van der Waals surface area contributed by atoms with Crippen LogP contribution in [0.25, 0.3) is 11.3 Å². The molecular formula is C28H26ClF4N3O2. The number of hydrogen-bond donors (Lipinski definition) is 3. The van der Waals surface area contributed by atoms with E-state index in [1.54, 1.807) is 26.0 Å². The summed E-state index contributed by atoms with van der Waals surface area (Å²) in [6.07, 6.45) is -2.57. The lowest BCUT2D eigenvalue weighted by atomic mass is 9.45. The van der Waals surface area contributed by atoms with Gasteiger partial charge in [0.2, 0.25) is 5.91 Å². The molecule has 5 nitrogen and oxygen atoms in total. The molecule has 1 atom stereocenters. The summed E-state index contributed by atoms with van der Waals surface area (Å²) in [7, 11) is 0. The van der Waals surface area contributed by atoms with E-state index in [0.29, 0.717) is 57.2 Å². The van der Waals surface area contributed by atoms with Crippen molar-refractivity contribution in [1.82, 2.24) is 9.97 Å². The van der Waals surface area contributed by atoms with Crippen LogP contribution in [-0.2, 0) is 10.4 Å². The third-order valence-corrected chi connectivity index (χ3v) is 9.00. The molecule has 38 heavy (non-hydrogen) atoms. The van der Waals surface area contributed by atoms with Gasteiger partial charge in [-0.05, 0) is 86.6 Å². The average molecular weight is 548 g/mol. The minimum absolute atomic E-state index is 0.0373. The van der Waals surface area contributed by atoms with Gasteiger partial charge in [0.15, 0.2) is 0 Å². The van der Waals surface area contributed by atoms with Crippen LogP contribution in [0.5, 0.6) is 0 Å². The number of imidazole rings is 1. The smallest absolute Gasteiger partial charge is 0.386 e. The predicted octanol–water partition coefficient (Wildman–Crippen LogP) is 7.04. The van der Waals surface area contributed by atoms with Gasteiger partial charge in [-0.25, -0.2) is 9.37 Å². The van der Waals surface area contributed by atoms with Gasteiger partial charge in [0, 0.05) is 16.3 Å². The number of nitrogens with zero attached hydrogens (tertiary/aromatic N) is 1. The molecule has 3 N–H and O–H groups in total. The first kappa shape index (κ1) is 25.4. The van der Waals surface area contributed by atoms with Gasteiger partial charge in [-0.1, -0.05) is 18.0 Å². The van der Waals surface area contributed by atoms with Crippen molar-refractivity contribution in [2.45, 2.75) is 63.6 Å². The summed E-state index contributed by atoms with van der Waals surface area (Å²) in [4.78, 5) is 21.2. The number of halogens is 5. The number of anilines is 1. The summed E-state index contributed by atoms with van der Waals surface area (Å²) in [6.45, 7) is 3.20. The van der Waals surface area contributed by atoms with Crippen LogP contribution in [0.4, 0.5) is 23.2 Å². The van der Waals surface area contributed by atoms with E-state index in [0.717, 1.165) is 0 Å². The maximum atomic E-state index is 14.4. The van der Waals surface area contributed by atoms with Crippen molar-refractivity contribution >= 4 is 23.2 Å². The van der Waals surface area contributed by atoms with Crippen molar-refractivity contribution in [3.63, 3.8) is 0 Å². The summed E-state index contributed by atoms with van der Waals surface area (Å²) in [5.41, 5.74) is -0.475. The SMILES string of the molecule is CC(C)(O)c1cc(NC(=O)C23CCCC(C(F)(F)F)(C2)C3)c2c(c1)-c1nc[nH]c1C2c1cc(F)ccc1Cl. The number of fused-ring (bicyclic) bond motifs is 5. The van der Waals surface area contributed by atoms with E-state index < -0.39 is 40.2 Å². The molecule has 0 radical (unpaired) electrons. The van der Waals surface area contributed by atoms with Crippen LogP contribution in [0.15, 0.2) is 36.7 Å². The topological polar surface area (TPSA) is 78.0 Å². The van der Waals surface area contributed by atoms with Crippen molar-refractivity contribution in [2.75, 3.05) is 5.32 Å². The molecule has 3 fully saturated rings. The molecule has 7 rings (SSSR count). The molecule has 3 aromatic rings. The highest BCUT2D eigenvalue weighted by atomic mass is 35.5. The molecule has 0 spiro atoms. The van der Waals surface area contributed by atoms with E-state index in [1.165, 1.54) is 24.5 Å². The Labute approximate surface area is 221 Å². The molecule has 1 unspecified atom stereocenters. The molecular weight excluding hydrogens is 522 g/mol. The Kier molecular flexibility index (Phi) is 5.38. The first-order valence-electron chi connectivity index (χ1n) is 12.5. The number of H-pyrrole nitrogens is 1. The standard InChI is InChI=1S/C28H26ClF4N3O2/c1-25(2,38)14-8-17-20(21(23-22(17)34-13-35-23)16-10-15(30)4-5-18(16)29)19(9-14)36-24(37)26-6-3-7-27(11-26,12-26)28(31,32)33/h4-5,8-10,13,21,38H,3,6-7,11-12H2,1-2H3,(H,34,35)(H,36,37). The Morgan fingerprint density at radius 2 is 1.92 bits per heavy atom. The number of nitrogens with one attached hydrogen (secondary N) is 2. The Balaban J connectivity index is 1.47. The van der Waals surface area contributed by atoms with E-state index in [9.17, 15) is 27.5 Å². The second-order valence-corrected chi connectivity index (χ2v) is 11.9. The van der Waals surface area contributed by atoms with Gasteiger partial charge >= 0.3 is 6.18 Å². The summed E-state index contributed by atoms with van der Waals surface area (Å²) >= 11 is 6.51. The molecule has 1 amide bonds. The van der Waals surface area contributed by atoms with Crippen LogP contribution < -0.4 is 5.32 Å². The number of aliphatic hydroxyl groups is 1. The van der Waals surface area contributed by atoms with E-state index in [1.807, 2.05) is 0 Å². The molecule has 0 saturated heterocycles. The van der Waals surface area contributed by atoms with Gasteiger partial charge in [-0.3, -0.25) is 4.79 Å². The Morgan fingerprint density at radius 1 is 1.18 bits per heavy atom. The third kappa shape index (κ3) is 3.61. The van der Waals surface area contributed by atoms with Crippen LogP contribution >= 0.6 is 11.6 Å². The molecule has 1 aromatic heterocycles. The lowest BCUT2D eigenvalue weighted by Gasteiger charge is -2.59. The maximum absolute atomic E-state index is 14.4. The van der Waals surface area contributed by atoms with Gasteiger partial charge in [-0.15, -0.1) is 0 Å². The number of alkyl halides is 3. The minimum Gasteiger partial charge on any atom is -0.386 e. The van der Waals surface area contributed by atoms with Crippen LogP contribution in [0.1, 0.15) is 74.3 Å². The maximum Gasteiger partial charge on any atom is 0.394 e. The summed E-state index contributed by atoms with van der Waals surface area (Å²) in [5, 5.41) is 14.1. The second kappa shape index (κ2) is 8.05. The zero-order valence-corrected chi connectivity index (χ0v) is 21.5. The van der Waals surface area contributed by atoms with Crippen molar-refractivity contribution in [1.29, 1.82) is 0 Å². The second-order valence-electron chi connectivity index (χ2n) is 11.5. The lowest BCUT2D eigenvalue weighted by Crippen LogP contribution is -2.61. The number of aromatic nitrogens is 2. The fourth-order valence-electron chi connectivity index (χ4n) is 6.78. The Hall–Kier alpha value is -2.91. The van der Waals surface area contributed by atoms with Crippen LogP contribution in [0.2, 0.25) is 5.02 Å². The molecule has 4 aliphatic carbocycles. The van der Waals surface area contributed by atoms with Crippen molar-refractivity contribution in [3.8, 4) is 11.3 Å². The molecule has 200 valence electrons. The molecule has 2 aromatic carbocycles. The molecule has 3 saturated carbocycles. The van der Waals surface area contributed by atoms with Gasteiger partial charge < -0.3 is 15.4 Å². The summed E-state index contributed by atoms with van der Waals surface area (Å²) < 4.78 is 55.8. The fraction of sp³-hybridized carbons (Fsp3) is 0.429.